The standard InChI is InChI=1S/C13H26O4Si/c1-9-11(7-10(16-9)8-12(14)15)17-18(5,6)13(2,3)4/h9-11H,7-8H2,1-6H3,(H,14,15)/t9-,10-,11+/m0/s1. The highest BCUT2D eigenvalue weighted by atomic mass is 28.4. The fourth-order valence-electron chi connectivity index (χ4n) is 1.92. The van der Waals surface area contributed by atoms with Crippen LogP contribution in [0.4, 0.5) is 0 Å². The van der Waals surface area contributed by atoms with E-state index in [1.807, 2.05) is 6.92 Å². The number of hydrogen-bond donors (Lipinski definition) is 1. The smallest absolute Gasteiger partial charge is 0.305 e. The first-order valence-electron chi connectivity index (χ1n) is 6.58. The molecule has 106 valence electrons. The van der Waals surface area contributed by atoms with E-state index in [-0.39, 0.29) is 29.8 Å². The van der Waals surface area contributed by atoms with Gasteiger partial charge in [0.25, 0.3) is 0 Å². The lowest BCUT2D eigenvalue weighted by Gasteiger charge is -2.39. The molecule has 0 aromatic carbocycles. The Balaban J connectivity index is 2.61. The van der Waals surface area contributed by atoms with Gasteiger partial charge in [-0.25, -0.2) is 0 Å². The minimum absolute atomic E-state index is 0.0107. The summed E-state index contributed by atoms with van der Waals surface area (Å²) in [6.07, 6.45) is 0.591. The molecule has 0 spiro atoms. The van der Waals surface area contributed by atoms with Gasteiger partial charge in [-0.1, -0.05) is 20.8 Å². The second-order valence-corrected chi connectivity index (χ2v) is 11.5. The van der Waals surface area contributed by atoms with E-state index in [1.165, 1.54) is 0 Å². The van der Waals surface area contributed by atoms with Crippen molar-refractivity contribution in [3.05, 3.63) is 0 Å². The van der Waals surface area contributed by atoms with Crippen molar-refractivity contribution in [2.45, 2.75) is 77.0 Å². The molecule has 1 heterocycles. The lowest BCUT2D eigenvalue weighted by Crippen LogP contribution is -2.45. The van der Waals surface area contributed by atoms with Gasteiger partial charge in [0.05, 0.1) is 24.7 Å². The van der Waals surface area contributed by atoms with Crippen LogP contribution in [-0.2, 0) is 14.0 Å². The van der Waals surface area contributed by atoms with Gasteiger partial charge in [-0.2, -0.15) is 0 Å². The van der Waals surface area contributed by atoms with Crippen molar-refractivity contribution in [1.82, 2.24) is 0 Å². The molecule has 0 saturated carbocycles. The maximum Gasteiger partial charge on any atom is 0.305 e. The van der Waals surface area contributed by atoms with E-state index in [9.17, 15) is 4.79 Å². The molecule has 1 aliphatic heterocycles. The molecule has 1 N–H and O–H groups in total. The van der Waals surface area contributed by atoms with E-state index in [2.05, 4.69) is 33.9 Å². The molecule has 0 radical (unpaired) electrons. The summed E-state index contributed by atoms with van der Waals surface area (Å²) in [6.45, 7) is 13.0. The number of aliphatic carboxylic acids is 1. The molecular weight excluding hydrogens is 248 g/mol. The normalized spacial score (nSPS) is 29.6. The maximum absolute atomic E-state index is 10.7. The predicted molar refractivity (Wildman–Crippen MR) is 73.3 cm³/mol. The highest BCUT2D eigenvalue weighted by Crippen LogP contribution is 2.39. The third kappa shape index (κ3) is 3.80. The van der Waals surface area contributed by atoms with E-state index in [0.717, 1.165) is 0 Å². The van der Waals surface area contributed by atoms with Gasteiger partial charge in [0.1, 0.15) is 0 Å². The van der Waals surface area contributed by atoms with Crippen LogP contribution in [0.1, 0.15) is 40.5 Å². The van der Waals surface area contributed by atoms with Gasteiger partial charge < -0.3 is 14.3 Å². The highest BCUT2D eigenvalue weighted by molar-refractivity contribution is 6.74. The summed E-state index contributed by atoms with van der Waals surface area (Å²) in [5, 5.41) is 8.96. The SMILES string of the molecule is C[C@@H]1O[C@H](CC(=O)O)C[C@H]1O[Si](C)(C)C(C)(C)C. The number of hydrogen-bond acceptors (Lipinski definition) is 3. The average Bonchev–Trinajstić information content (AvgIpc) is 2.42. The molecule has 1 rings (SSSR count). The molecule has 4 nitrogen and oxygen atoms in total. The van der Waals surface area contributed by atoms with Crippen LogP contribution in [0.25, 0.3) is 0 Å². The van der Waals surface area contributed by atoms with Crippen molar-refractivity contribution >= 4 is 14.3 Å². The molecule has 3 atom stereocenters. The van der Waals surface area contributed by atoms with Crippen molar-refractivity contribution in [2.24, 2.45) is 0 Å². The van der Waals surface area contributed by atoms with Gasteiger partial charge in [-0.15, -0.1) is 0 Å². The number of carboxylic acid groups (broad SMARTS) is 1. The van der Waals surface area contributed by atoms with Gasteiger partial charge in [-0.3, -0.25) is 4.79 Å². The van der Waals surface area contributed by atoms with Crippen LogP contribution in [-0.4, -0.2) is 37.7 Å². The molecule has 0 aromatic rings. The van der Waals surface area contributed by atoms with Crippen molar-refractivity contribution in [2.75, 3.05) is 0 Å². The first-order chi connectivity index (χ1) is 8.03. The lowest BCUT2D eigenvalue weighted by molar-refractivity contribution is -0.139. The van der Waals surface area contributed by atoms with E-state index >= 15 is 0 Å². The Morgan fingerprint density at radius 1 is 1.44 bits per heavy atom. The minimum Gasteiger partial charge on any atom is -0.481 e. The molecular formula is C13H26O4Si. The average molecular weight is 274 g/mol. The van der Waals surface area contributed by atoms with Gasteiger partial charge in [0.15, 0.2) is 8.32 Å². The summed E-state index contributed by atoms with van der Waals surface area (Å²) < 4.78 is 12.0. The molecule has 0 unspecified atom stereocenters. The zero-order valence-corrected chi connectivity index (χ0v) is 13.3. The molecule has 1 aliphatic rings. The lowest BCUT2D eigenvalue weighted by atomic mass is 10.1. The number of ether oxygens (including phenoxy) is 1. The van der Waals surface area contributed by atoms with Gasteiger partial charge in [0, 0.05) is 6.42 Å². The Kier molecular flexibility index (Phi) is 4.62. The first-order valence-corrected chi connectivity index (χ1v) is 9.49. The van der Waals surface area contributed by atoms with Crippen molar-refractivity contribution in [3.63, 3.8) is 0 Å². The third-order valence-electron chi connectivity index (χ3n) is 4.08. The fourth-order valence-corrected chi connectivity index (χ4v) is 3.32. The quantitative estimate of drug-likeness (QED) is 0.801. The molecule has 1 fully saturated rings. The Morgan fingerprint density at radius 3 is 2.44 bits per heavy atom. The van der Waals surface area contributed by atoms with Gasteiger partial charge in [-0.05, 0) is 25.1 Å². The summed E-state index contributed by atoms with van der Waals surface area (Å²) in [5.74, 6) is -0.805. The zero-order chi connectivity index (χ0) is 14.1. The maximum atomic E-state index is 10.7. The summed E-state index contributed by atoms with van der Waals surface area (Å²) in [5.41, 5.74) is 0. The fraction of sp³-hybridized carbons (Fsp3) is 0.923. The monoisotopic (exact) mass is 274 g/mol. The molecule has 0 aliphatic carbocycles. The topological polar surface area (TPSA) is 55.8 Å². The number of rotatable bonds is 4. The number of carboxylic acids is 1. The van der Waals surface area contributed by atoms with Crippen LogP contribution in [0.3, 0.4) is 0 Å². The largest absolute Gasteiger partial charge is 0.481 e. The summed E-state index contributed by atoms with van der Waals surface area (Å²) >= 11 is 0. The minimum atomic E-state index is -1.81. The van der Waals surface area contributed by atoms with Crippen LogP contribution in [0.5, 0.6) is 0 Å². The first kappa shape index (κ1) is 15.7. The van der Waals surface area contributed by atoms with Crippen LogP contribution in [0, 0.1) is 0 Å². The van der Waals surface area contributed by atoms with Crippen LogP contribution >= 0.6 is 0 Å². The van der Waals surface area contributed by atoms with E-state index in [0.29, 0.717) is 6.42 Å². The van der Waals surface area contributed by atoms with Crippen molar-refractivity contribution < 1.29 is 19.1 Å². The van der Waals surface area contributed by atoms with E-state index in [4.69, 9.17) is 14.3 Å². The molecule has 0 aromatic heterocycles. The molecule has 0 amide bonds. The van der Waals surface area contributed by atoms with E-state index in [1.54, 1.807) is 0 Å². The van der Waals surface area contributed by atoms with E-state index < -0.39 is 14.3 Å². The molecule has 1 saturated heterocycles. The Morgan fingerprint density at radius 2 is 2.00 bits per heavy atom. The second kappa shape index (κ2) is 5.31. The van der Waals surface area contributed by atoms with Crippen LogP contribution in [0.15, 0.2) is 0 Å². The zero-order valence-electron chi connectivity index (χ0n) is 12.3. The second-order valence-electron chi connectivity index (χ2n) is 6.71. The van der Waals surface area contributed by atoms with Gasteiger partial charge >= 0.3 is 5.97 Å². The number of carbonyl (C=O) groups is 1. The highest BCUT2D eigenvalue weighted by Gasteiger charge is 2.43. The van der Waals surface area contributed by atoms with Crippen molar-refractivity contribution in [1.29, 1.82) is 0 Å². The molecule has 18 heavy (non-hydrogen) atoms. The summed E-state index contributed by atoms with van der Waals surface area (Å²) in [7, 11) is -1.81. The molecule has 0 bridgehead atoms. The predicted octanol–water partition coefficient (Wildman–Crippen LogP) is 3.03. The van der Waals surface area contributed by atoms with Crippen molar-refractivity contribution in [3.8, 4) is 0 Å². The van der Waals surface area contributed by atoms with Crippen LogP contribution in [0.2, 0.25) is 18.1 Å². The third-order valence-corrected chi connectivity index (χ3v) is 8.58. The summed E-state index contributed by atoms with van der Waals surface area (Å²) in [6, 6.07) is 0. The Hall–Kier alpha value is -0.393. The van der Waals surface area contributed by atoms with Gasteiger partial charge in [0.2, 0.25) is 0 Å². The molecule has 5 heteroatoms. The Bertz CT molecular complexity index is 309. The summed E-state index contributed by atoms with van der Waals surface area (Å²) in [4.78, 5) is 10.7. The van der Waals surface area contributed by atoms with Crippen LogP contribution < -0.4 is 0 Å². The Labute approximate surface area is 111 Å².